The van der Waals surface area contributed by atoms with Gasteiger partial charge in [0.2, 0.25) is 11.9 Å². The molecule has 0 amide bonds. The van der Waals surface area contributed by atoms with Gasteiger partial charge in [-0.1, -0.05) is 6.07 Å². The molecule has 0 aliphatic rings. The average Bonchev–Trinajstić information content (AvgIpc) is 2.16. The molecule has 0 radical (unpaired) electrons. The summed E-state index contributed by atoms with van der Waals surface area (Å²) in [7, 11) is 0. The highest BCUT2D eigenvalue weighted by Gasteiger charge is 2.41. The normalized spacial score (nSPS) is 13.3. The van der Waals surface area contributed by atoms with Crippen molar-refractivity contribution in [2.45, 2.75) is 12.3 Å². The SMILES string of the molecule is [C-]#[N+]c1cc(C(F)C(F)(F)F)ccc1F. The monoisotopic (exact) mass is 221 g/mol. The van der Waals surface area contributed by atoms with Crippen molar-refractivity contribution in [2.24, 2.45) is 0 Å². The van der Waals surface area contributed by atoms with Crippen molar-refractivity contribution >= 4 is 5.69 Å². The maximum Gasteiger partial charge on any atom is 0.423 e. The Balaban J connectivity index is 3.13. The van der Waals surface area contributed by atoms with Gasteiger partial charge in [-0.3, -0.25) is 0 Å². The minimum Gasteiger partial charge on any atom is -0.235 e. The Bertz CT molecular complexity index is 404. The van der Waals surface area contributed by atoms with E-state index in [1.807, 2.05) is 0 Å². The molecule has 0 heterocycles. The summed E-state index contributed by atoms with van der Waals surface area (Å²) in [5, 5.41) is 0. The van der Waals surface area contributed by atoms with Crippen molar-refractivity contribution in [3.63, 3.8) is 0 Å². The van der Waals surface area contributed by atoms with Gasteiger partial charge in [0, 0.05) is 0 Å². The molecular formula is C9H4F5N. The van der Waals surface area contributed by atoms with E-state index < -0.39 is 29.4 Å². The Kier molecular flexibility index (Phi) is 2.93. The molecule has 0 spiro atoms. The summed E-state index contributed by atoms with van der Waals surface area (Å²) in [5.41, 5.74) is -1.39. The van der Waals surface area contributed by atoms with Gasteiger partial charge in [0.05, 0.1) is 6.57 Å². The summed E-state index contributed by atoms with van der Waals surface area (Å²) in [6, 6.07) is 1.86. The van der Waals surface area contributed by atoms with Gasteiger partial charge in [-0.15, -0.1) is 0 Å². The Morgan fingerprint density at radius 2 is 1.87 bits per heavy atom. The molecule has 1 nitrogen and oxygen atoms in total. The standard InChI is InChI=1S/C9H4F5N/c1-15-7-4-5(2-3-6(7)10)8(11)9(12,13)14/h2-4,8H. The van der Waals surface area contributed by atoms with E-state index in [1.54, 1.807) is 0 Å². The van der Waals surface area contributed by atoms with Gasteiger partial charge in [-0.05, 0) is 17.7 Å². The van der Waals surface area contributed by atoms with E-state index in [1.165, 1.54) is 0 Å². The lowest BCUT2D eigenvalue weighted by Crippen LogP contribution is -2.16. The van der Waals surface area contributed by atoms with Crippen LogP contribution in [-0.4, -0.2) is 6.18 Å². The van der Waals surface area contributed by atoms with E-state index in [0.29, 0.717) is 18.2 Å². The molecule has 0 aliphatic heterocycles. The molecule has 1 unspecified atom stereocenters. The maximum absolute atomic E-state index is 12.7. The molecule has 1 atom stereocenters. The fraction of sp³-hybridized carbons (Fsp3) is 0.222. The Hall–Kier alpha value is -1.64. The van der Waals surface area contributed by atoms with Gasteiger partial charge in [-0.25, -0.2) is 13.6 Å². The first-order valence-electron chi connectivity index (χ1n) is 3.74. The number of nitrogens with zero attached hydrogens (tertiary/aromatic N) is 1. The van der Waals surface area contributed by atoms with Crippen LogP contribution in [0.4, 0.5) is 27.6 Å². The molecule has 0 aromatic heterocycles. The van der Waals surface area contributed by atoms with Crippen molar-refractivity contribution in [3.8, 4) is 0 Å². The Labute approximate surface area is 82.0 Å². The minimum absolute atomic E-state index is 0.556. The Morgan fingerprint density at radius 3 is 2.33 bits per heavy atom. The van der Waals surface area contributed by atoms with Crippen LogP contribution in [0.5, 0.6) is 0 Å². The molecule has 0 bridgehead atoms. The highest BCUT2D eigenvalue weighted by atomic mass is 19.4. The molecule has 0 aliphatic carbocycles. The van der Waals surface area contributed by atoms with E-state index >= 15 is 0 Å². The molecule has 6 heteroatoms. The van der Waals surface area contributed by atoms with Gasteiger partial charge >= 0.3 is 6.18 Å². The predicted molar refractivity (Wildman–Crippen MR) is 42.6 cm³/mol. The zero-order chi connectivity index (χ0) is 11.6. The second-order valence-corrected chi connectivity index (χ2v) is 2.73. The lowest BCUT2D eigenvalue weighted by atomic mass is 10.1. The van der Waals surface area contributed by atoms with E-state index in [4.69, 9.17) is 6.57 Å². The first-order valence-corrected chi connectivity index (χ1v) is 3.74. The lowest BCUT2D eigenvalue weighted by Gasteiger charge is -2.12. The van der Waals surface area contributed by atoms with Crippen LogP contribution in [-0.2, 0) is 0 Å². The van der Waals surface area contributed by atoms with E-state index in [9.17, 15) is 22.0 Å². The molecule has 15 heavy (non-hydrogen) atoms. The molecule has 1 aromatic rings. The predicted octanol–water partition coefficient (Wildman–Crippen LogP) is 3.95. The fourth-order valence-electron chi connectivity index (χ4n) is 0.962. The smallest absolute Gasteiger partial charge is 0.235 e. The third-order valence-electron chi connectivity index (χ3n) is 1.67. The average molecular weight is 221 g/mol. The number of benzene rings is 1. The summed E-state index contributed by atoms with van der Waals surface area (Å²) >= 11 is 0. The van der Waals surface area contributed by atoms with Crippen molar-refractivity contribution < 1.29 is 22.0 Å². The highest BCUT2D eigenvalue weighted by Crippen LogP contribution is 2.37. The molecule has 0 saturated heterocycles. The first kappa shape index (κ1) is 11.4. The number of alkyl halides is 4. The highest BCUT2D eigenvalue weighted by molar-refractivity contribution is 5.48. The largest absolute Gasteiger partial charge is 0.423 e. The van der Waals surface area contributed by atoms with Crippen LogP contribution < -0.4 is 0 Å². The first-order chi connectivity index (χ1) is 6.86. The van der Waals surface area contributed by atoms with Crippen molar-refractivity contribution in [2.75, 3.05) is 0 Å². The van der Waals surface area contributed by atoms with Gasteiger partial charge in [-0.2, -0.15) is 13.2 Å². The van der Waals surface area contributed by atoms with Crippen LogP contribution in [0.1, 0.15) is 11.7 Å². The van der Waals surface area contributed by atoms with Gasteiger partial charge in [0.1, 0.15) is 5.82 Å². The quantitative estimate of drug-likeness (QED) is 0.499. The van der Waals surface area contributed by atoms with Gasteiger partial charge in [0.15, 0.2) is 0 Å². The van der Waals surface area contributed by atoms with Crippen LogP contribution in [0.2, 0.25) is 0 Å². The van der Waals surface area contributed by atoms with Gasteiger partial charge < -0.3 is 0 Å². The number of halogens is 5. The summed E-state index contributed by atoms with van der Waals surface area (Å²) < 4.78 is 61.2. The van der Waals surface area contributed by atoms with Crippen molar-refractivity contribution in [1.29, 1.82) is 0 Å². The second kappa shape index (κ2) is 3.85. The summed E-state index contributed by atoms with van der Waals surface area (Å²) in [4.78, 5) is 2.64. The Morgan fingerprint density at radius 1 is 1.27 bits per heavy atom. The molecule has 0 fully saturated rings. The van der Waals surface area contributed by atoms with E-state index in [-0.39, 0.29) is 0 Å². The third-order valence-corrected chi connectivity index (χ3v) is 1.67. The van der Waals surface area contributed by atoms with E-state index in [2.05, 4.69) is 4.85 Å². The number of rotatable bonds is 1. The van der Waals surface area contributed by atoms with Crippen LogP contribution in [0.15, 0.2) is 18.2 Å². The molecule has 80 valence electrons. The van der Waals surface area contributed by atoms with Crippen LogP contribution in [0, 0.1) is 12.4 Å². The summed E-state index contributed by atoms with van der Waals surface area (Å²) in [6.07, 6.45) is -8.24. The topological polar surface area (TPSA) is 4.36 Å². The summed E-state index contributed by atoms with van der Waals surface area (Å²) in [5.74, 6) is -0.969. The van der Waals surface area contributed by atoms with Crippen LogP contribution in [0.3, 0.4) is 0 Å². The number of hydrogen-bond donors (Lipinski definition) is 0. The van der Waals surface area contributed by atoms with Crippen LogP contribution in [0.25, 0.3) is 4.85 Å². The minimum atomic E-state index is -5.04. The summed E-state index contributed by atoms with van der Waals surface area (Å²) in [6.45, 7) is 6.46. The lowest BCUT2D eigenvalue weighted by molar-refractivity contribution is -0.182. The maximum atomic E-state index is 12.7. The molecular weight excluding hydrogens is 217 g/mol. The second-order valence-electron chi connectivity index (χ2n) is 2.73. The zero-order valence-corrected chi connectivity index (χ0v) is 7.15. The molecule has 0 saturated carbocycles. The third kappa shape index (κ3) is 2.43. The fourth-order valence-corrected chi connectivity index (χ4v) is 0.962. The van der Waals surface area contributed by atoms with E-state index in [0.717, 1.165) is 0 Å². The number of hydrogen-bond acceptors (Lipinski definition) is 0. The van der Waals surface area contributed by atoms with Crippen LogP contribution >= 0.6 is 0 Å². The molecule has 0 N–H and O–H groups in total. The van der Waals surface area contributed by atoms with Crippen molar-refractivity contribution in [3.05, 3.63) is 41.0 Å². The molecule has 1 aromatic carbocycles. The zero-order valence-electron chi connectivity index (χ0n) is 7.15. The van der Waals surface area contributed by atoms with Crippen molar-refractivity contribution in [1.82, 2.24) is 0 Å². The van der Waals surface area contributed by atoms with Gasteiger partial charge in [0.25, 0.3) is 0 Å². The molecule has 1 rings (SSSR count).